The predicted molar refractivity (Wildman–Crippen MR) is 72.5 cm³/mol. The van der Waals surface area contributed by atoms with E-state index >= 15 is 0 Å². The Bertz CT molecular complexity index is 428. The topological polar surface area (TPSA) is 38.3 Å². The van der Waals surface area contributed by atoms with Crippen molar-refractivity contribution >= 4 is 11.7 Å². The molecule has 0 saturated heterocycles. The van der Waals surface area contributed by atoms with Crippen LogP contribution in [0.5, 0.6) is 0 Å². The van der Waals surface area contributed by atoms with E-state index in [0.717, 1.165) is 18.5 Å². The number of nitrogens with one attached hydrogen (secondary N) is 1. The Labute approximate surface area is 109 Å². The zero-order valence-corrected chi connectivity index (χ0v) is 11.3. The van der Waals surface area contributed by atoms with Crippen molar-refractivity contribution in [2.24, 2.45) is 11.8 Å². The molecule has 1 aromatic rings. The first-order chi connectivity index (χ1) is 8.63. The predicted octanol–water partition coefficient (Wildman–Crippen LogP) is 2.86. The van der Waals surface area contributed by atoms with Gasteiger partial charge in [-0.15, -0.1) is 0 Å². The second-order valence-electron chi connectivity index (χ2n) is 5.24. The smallest absolute Gasteiger partial charge is 0.311 e. The zero-order chi connectivity index (χ0) is 13.1. The Morgan fingerprint density at radius 1 is 1.39 bits per heavy atom. The van der Waals surface area contributed by atoms with Crippen molar-refractivity contribution in [2.45, 2.75) is 32.7 Å². The minimum atomic E-state index is -0.109. The normalized spacial score (nSPS) is 19.9. The monoisotopic (exact) mass is 247 g/mol. The number of ether oxygens (including phenoxy) is 1. The van der Waals surface area contributed by atoms with E-state index < -0.39 is 0 Å². The van der Waals surface area contributed by atoms with Gasteiger partial charge in [-0.05, 0) is 30.4 Å². The molecule has 2 atom stereocenters. The molecule has 0 radical (unpaired) electrons. The standard InChI is InChI=1S/C15H21NO2/c1-10(2)14(15(17)18-3)13-9-8-11-6-4-5-7-12(11)16-13/h4-7,10,13-14,16H,8-9H2,1-3H3. The van der Waals surface area contributed by atoms with Gasteiger partial charge in [0.15, 0.2) is 0 Å². The lowest BCUT2D eigenvalue weighted by molar-refractivity contribution is -0.147. The second-order valence-corrected chi connectivity index (χ2v) is 5.24. The van der Waals surface area contributed by atoms with E-state index in [-0.39, 0.29) is 23.8 Å². The third-order valence-corrected chi connectivity index (χ3v) is 3.71. The van der Waals surface area contributed by atoms with Crippen LogP contribution in [0.15, 0.2) is 24.3 Å². The first-order valence-electron chi connectivity index (χ1n) is 6.55. The van der Waals surface area contributed by atoms with Crippen LogP contribution in [-0.4, -0.2) is 19.1 Å². The molecule has 1 heterocycles. The maximum atomic E-state index is 11.9. The molecule has 18 heavy (non-hydrogen) atoms. The molecule has 1 aliphatic rings. The van der Waals surface area contributed by atoms with Gasteiger partial charge < -0.3 is 10.1 Å². The highest BCUT2D eigenvalue weighted by molar-refractivity contribution is 5.74. The van der Waals surface area contributed by atoms with Crippen molar-refractivity contribution in [2.75, 3.05) is 12.4 Å². The molecule has 2 unspecified atom stereocenters. The average Bonchev–Trinajstić information content (AvgIpc) is 2.38. The fourth-order valence-corrected chi connectivity index (χ4v) is 2.77. The lowest BCUT2D eigenvalue weighted by Crippen LogP contribution is -2.40. The van der Waals surface area contributed by atoms with Crippen LogP contribution in [0.2, 0.25) is 0 Å². The molecular weight excluding hydrogens is 226 g/mol. The van der Waals surface area contributed by atoms with Crippen LogP contribution in [0, 0.1) is 11.8 Å². The lowest BCUT2D eigenvalue weighted by Gasteiger charge is -2.33. The summed E-state index contributed by atoms with van der Waals surface area (Å²) in [6.07, 6.45) is 2.00. The summed E-state index contributed by atoms with van der Waals surface area (Å²) < 4.78 is 4.94. The number of methoxy groups -OCH3 is 1. The summed E-state index contributed by atoms with van der Waals surface area (Å²) in [6, 6.07) is 8.47. The van der Waals surface area contributed by atoms with Gasteiger partial charge in [0.05, 0.1) is 13.0 Å². The molecule has 0 aromatic heterocycles. The molecule has 1 N–H and O–H groups in total. The van der Waals surface area contributed by atoms with Crippen molar-refractivity contribution in [3.8, 4) is 0 Å². The number of carbonyl (C=O) groups excluding carboxylic acids is 1. The molecule has 1 aliphatic heterocycles. The highest BCUT2D eigenvalue weighted by Crippen LogP contribution is 2.30. The minimum absolute atomic E-state index is 0.0802. The molecule has 0 aliphatic carbocycles. The molecule has 0 fully saturated rings. The van der Waals surface area contributed by atoms with Crippen molar-refractivity contribution in [1.82, 2.24) is 0 Å². The van der Waals surface area contributed by atoms with Gasteiger partial charge in [0.25, 0.3) is 0 Å². The number of esters is 1. The van der Waals surface area contributed by atoms with Gasteiger partial charge in [-0.3, -0.25) is 4.79 Å². The van der Waals surface area contributed by atoms with Gasteiger partial charge >= 0.3 is 5.97 Å². The van der Waals surface area contributed by atoms with Gasteiger partial charge in [-0.2, -0.15) is 0 Å². The molecular formula is C15H21NO2. The number of hydrogen-bond donors (Lipinski definition) is 1. The fourth-order valence-electron chi connectivity index (χ4n) is 2.77. The summed E-state index contributed by atoms with van der Waals surface area (Å²) in [6.45, 7) is 4.15. The van der Waals surface area contributed by atoms with Crippen LogP contribution in [0.25, 0.3) is 0 Å². The van der Waals surface area contributed by atoms with E-state index in [1.165, 1.54) is 12.7 Å². The number of rotatable bonds is 3. The zero-order valence-electron chi connectivity index (χ0n) is 11.3. The lowest BCUT2D eigenvalue weighted by atomic mass is 9.83. The average molecular weight is 247 g/mol. The van der Waals surface area contributed by atoms with E-state index in [1.807, 2.05) is 6.07 Å². The Morgan fingerprint density at radius 3 is 2.78 bits per heavy atom. The molecule has 0 amide bonds. The van der Waals surface area contributed by atoms with Crippen molar-refractivity contribution < 1.29 is 9.53 Å². The molecule has 3 nitrogen and oxygen atoms in total. The maximum Gasteiger partial charge on any atom is 0.311 e. The summed E-state index contributed by atoms with van der Waals surface area (Å²) >= 11 is 0. The fraction of sp³-hybridized carbons (Fsp3) is 0.533. The number of benzene rings is 1. The molecule has 0 spiro atoms. The number of fused-ring (bicyclic) bond motifs is 1. The van der Waals surface area contributed by atoms with Crippen molar-refractivity contribution in [3.63, 3.8) is 0 Å². The van der Waals surface area contributed by atoms with E-state index in [2.05, 4.69) is 37.4 Å². The quantitative estimate of drug-likeness (QED) is 0.835. The van der Waals surface area contributed by atoms with Crippen LogP contribution in [0.1, 0.15) is 25.8 Å². The summed E-state index contributed by atoms with van der Waals surface area (Å²) in [5.41, 5.74) is 2.49. The van der Waals surface area contributed by atoms with Gasteiger partial charge in [0.1, 0.15) is 0 Å². The summed E-state index contributed by atoms with van der Waals surface area (Å²) in [5.74, 6) is 0.0884. The number of hydrogen-bond acceptors (Lipinski definition) is 3. The Balaban J connectivity index is 2.18. The molecule has 2 rings (SSSR count). The summed E-state index contributed by atoms with van der Waals surface area (Å²) in [7, 11) is 1.47. The van der Waals surface area contributed by atoms with Gasteiger partial charge in [-0.25, -0.2) is 0 Å². The largest absolute Gasteiger partial charge is 0.469 e. The van der Waals surface area contributed by atoms with E-state index in [9.17, 15) is 4.79 Å². The molecule has 3 heteroatoms. The van der Waals surface area contributed by atoms with Crippen molar-refractivity contribution in [3.05, 3.63) is 29.8 Å². The first kappa shape index (κ1) is 12.9. The molecule has 0 saturated carbocycles. The van der Waals surface area contributed by atoms with Crippen LogP contribution >= 0.6 is 0 Å². The maximum absolute atomic E-state index is 11.9. The number of para-hydroxylation sites is 1. The number of aryl methyl sites for hydroxylation is 1. The van der Waals surface area contributed by atoms with Crippen LogP contribution in [-0.2, 0) is 16.0 Å². The Kier molecular flexibility index (Phi) is 3.90. The van der Waals surface area contributed by atoms with Gasteiger partial charge in [0, 0.05) is 11.7 Å². The third kappa shape index (κ3) is 2.50. The highest BCUT2D eigenvalue weighted by Gasteiger charge is 2.33. The molecule has 1 aromatic carbocycles. The van der Waals surface area contributed by atoms with E-state index in [4.69, 9.17) is 4.74 Å². The first-order valence-corrected chi connectivity index (χ1v) is 6.55. The number of anilines is 1. The second kappa shape index (κ2) is 5.42. The van der Waals surface area contributed by atoms with E-state index in [1.54, 1.807) is 0 Å². The molecule has 0 bridgehead atoms. The minimum Gasteiger partial charge on any atom is -0.469 e. The van der Waals surface area contributed by atoms with Crippen LogP contribution in [0.4, 0.5) is 5.69 Å². The van der Waals surface area contributed by atoms with Crippen molar-refractivity contribution in [1.29, 1.82) is 0 Å². The third-order valence-electron chi connectivity index (χ3n) is 3.71. The summed E-state index contributed by atoms with van der Waals surface area (Å²) in [4.78, 5) is 11.9. The number of carbonyl (C=O) groups is 1. The van der Waals surface area contributed by atoms with E-state index in [0.29, 0.717) is 0 Å². The molecule has 98 valence electrons. The van der Waals surface area contributed by atoms with Gasteiger partial charge in [0.2, 0.25) is 0 Å². The summed E-state index contributed by atoms with van der Waals surface area (Å²) in [5, 5.41) is 3.49. The highest BCUT2D eigenvalue weighted by atomic mass is 16.5. The Morgan fingerprint density at radius 2 is 2.11 bits per heavy atom. The van der Waals surface area contributed by atoms with Gasteiger partial charge in [-0.1, -0.05) is 32.0 Å². The van der Waals surface area contributed by atoms with Crippen LogP contribution in [0.3, 0.4) is 0 Å². The SMILES string of the molecule is COC(=O)C(C(C)C)C1CCc2ccccc2N1. The Hall–Kier alpha value is -1.51. The van der Waals surface area contributed by atoms with Crippen LogP contribution < -0.4 is 5.32 Å².